The van der Waals surface area contributed by atoms with Crippen LogP contribution in [0.15, 0.2) is 24.4 Å². The molecule has 0 fully saturated rings. The molecule has 0 spiro atoms. The van der Waals surface area contributed by atoms with Crippen molar-refractivity contribution < 1.29 is 5.11 Å². The number of phenolic OH excluding ortho intramolecular Hbond substituents is 1. The Bertz CT molecular complexity index is 448. The van der Waals surface area contributed by atoms with Gasteiger partial charge in [-0.15, -0.1) is 0 Å². The molecule has 74 valence electrons. The van der Waals surface area contributed by atoms with Crippen LogP contribution in [0, 0.1) is 0 Å². The Morgan fingerprint density at radius 3 is 3.07 bits per heavy atom. The van der Waals surface area contributed by atoms with E-state index in [9.17, 15) is 5.11 Å². The van der Waals surface area contributed by atoms with Crippen LogP contribution in [0.4, 0.5) is 0 Å². The summed E-state index contributed by atoms with van der Waals surface area (Å²) in [5.74, 6) is 0.262. The van der Waals surface area contributed by atoms with E-state index in [-0.39, 0.29) is 11.8 Å². The van der Waals surface area contributed by atoms with Gasteiger partial charge in [0.05, 0.1) is 23.6 Å². The first kappa shape index (κ1) is 9.02. The second-order valence-corrected chi connectivity index (χ2v) is 3.51. The van der Waals surface area contributed by atoms with Crippen molar-refractivity contribution in [1.29, 1.82) is 0 Å². The first-order valence-corrected chi connectivity index (χ1v) is 4.57. The van der Waals surface area contributed by atoms with E-state index in [2.05, 4.69) is 5.10 Å². The van der Waals surface area contributed by atoms with Gasteiger partial charge in [-0.3, -0.25) is 4.68 Å². The molecular weight excluding hydrogens is 178 g/mol. The number of aromatic nitrogens is 2. The van der Waals surface area contributed by atoms with E-state index < -0.39 is 0 Å². The summed E-state index contributed by atoms with van der Waals surface area (Å²) in [4.78, 5) is 0. The minimum absolute atomic E-state index is 0.0560. The monoisotopic (exact) mass is 191 g/mol. The predicted octanol–water partition coefficient (Wildman–Crippen LogP) is 1.09. The maximum Gasteiger partial charge on any atom is 0.126 e. The molecule has 1 unspecified atom stereocenters. The smallest absolute Gasteiger partial charge is 0.126 e. The highest BCUT2D eigenvalue weighted by Gasteiger charge is 2.06. The van der Waals surface area contributed by atoms with Gasteiger partial charge in [-0.25, -0.2) is 0 Å². The second-order valence-electron chi connectivity index (χ2n) is 3.51. The van der Waals surface area contributed by atoms with Gasteiger partial charge in [-0.2, -0.15) is 5.10 Å². The van der Waals surface area contributed by atoms with Crippen LogP contribution < -0.4 is 5.73 Å². The average Bonchev–Trinajstić information content (AvgIpc) is 2.49. The van der Waals surface area contributed by atoms with Gasteiger partial charge in [0.1, 0.15) is 5.75 Å². The van der Waals surface area contributed by atoms with Crippen molar-refractivity contribution in [3.63, 3.8) is 0 Å². The van der Waals surface area contributed by atoms with Crippen LogP contribution in [0.1, 0.15) is 6.92 Å². The molecule has 1 heterocycles. The van der Waals surface area contributed by atoms with Crippen molar-refractivity contribution in [2.75, 3.05) is 0 Å². The molecule has 14 heavy (non-hydrogen) atoms. The summed E-state index contributed by atoms with van der Waals surface area (Å²) in [6, 6.07) is 5.43. The first-order chi connectivity index (χ1) is 6.68. The van der Waals surface area contributed by atoms with Crippen molar-refractivity contribution >= 4 is 10.9 Å². The molecule has 1 atom stereocenters. The molecule has 1 aromatic heterocycles. The lowest BCUT2D eigenvalue weighted by Gasteiger charge is -2.06. The molecule has 0 aliphatic carbocycles. The second kappa shape index (κ2) is 3.31. The van der Waals surface area contributed by atoms with Crippen LogP contribution in [0.25, 0.3) is 10.9 Å². The van der Waals surface area contributed by atoms with Crippen LogP contribution >= 0.6 is 0 Å². The summed E-state index contributed by atoms with van der Waals surface area (Å²) in [6.07, 6.45) is 1.66. The molecule has 4 nitrogen and oxygen atoms in total. The maximum atomic E-state index is 9.53. The van der Waals surface area contributed by atoms with Crippen molar-refractivity contribution in [3.8, 4) is 5.75 Å². The number of fused-ring (bicyclic) bond motifs is 1. The van der Waals surface area contributed by atoms with Gasteiger partial charge in [0.25, 0.3) is 0 Å². The topological polar surface area (TPSA) is 64.1 Å². The van der Waals surface area contributed by atoms with E-state index in [0.29, 0.717) is 6.54 Å². The lowest BCUT2D eigenvalue weighted by Crippen LogP contribution is -2.22. The van der Waals surface area contributed by atoms with E-state index in [4.69, 9.17) is 5.73 Å². The Balaban J connectivity index is 2.52. The Hall–Kier alpha value is -1.55. The average molecular weight is 191 g/mol. The van der Waals surface area contributed by atoms with Crippen molar-refractivity contribution in [2.45, 2.75) is 19.5 Å². The highest BCUT2D eigenvalue weighted by molar-refractivity contribution is 5.84. The molecule has 3 N–H and O–H groups in total. The van der Waals surface area contributed by atoms with Crippen molar-refractivity contribution in [2.24, 2.45) is 5.73 Å². The number of rotatable bonds is 2. The van der Waals surface area contributed by atoms with E-state index in [1.165, 1.54) is 0 Å². The number of phenols is 1. The molecule has 0 amide bonds. The predicted molar refractivity (Wildman–Crippen MR) is 55.0 cm³/mol. The highest BCUT2D eigenvalue weighted by atomic mass is 16.3. The van der Waals surface area contributed by atoms with Crippen LogP contribution in [0.3, 0.4) is 0 Å². The molecule has 1 aromatic carbocycles. The lowest BCUT2D eigenvalue weighted by molar-refractivity contribution is 0.481. The summed E-state index contributed by atoms with van der Waals surface area (Å²) in [7, 11) is 0. The Kier molecular flexibility index (Phi) is 2.13. The Morgan fingerprint density at radius 2 is 2.36 bits per heavy atom. The summed E-state index contributed by atoms with van der Waals surface area (Å²) >= 11 is 0. The minimum atomic E-state index is 0.0560. The molecule has 2 aromatic rings. The minimum Gasteiger partial charge on any atom is -0.507 e. The highest BCUT2D eigenvalue weighted by Crippen LogP contribution is 2.23. The van der Waals surface area contributed by atoms with Crippen molar-refractivity contribution in [1.82, 2.24) is 9.78 Å². The first-order valence-electron chi connectivity index (χ1n) is 4.57. The molecule has 2 rings (SSSR count). The largest absolute Gasteiger partial charge is 0.507 e. The zero-order chi connectivity index (χ0) is 10.1. The number of hydrogen-bond donors (Lipinski definition) is 2. The summed E-state index contributed by atoms with van der Waals surface area (Å²) in [6.45, 7) is 2.59. The molecule has 0 saturated carbocycles. The van der Waals surface area contributed by atoms with E-state index in [1.54, 1.807) is 23.0 Å². The quantitative estimate of drug-likeness (QED) is 0.746. The lowest BCUT2D eigenvalue weighted by atomic mass is 10.2. The van der Waals surface area contributed by atoms with E-state index in [1.807, 2.05) is 13.0 Å². The van der Waals surface area contributed by atoms with Crippen LogP contribution in [-0.4, -0.2) is 20.9 Å². The number of benzene rings is 1. The third-order valence-corrected chi connectivity index (χ3v) is 2.13. The van der Waals surface area contributed by atoms with Gasteiger partial charge < -0.3 is 10.8 Å². The summed E-state index contributed by atoms with van der Waals surface area (Å²) in [5, 5.41) is 14.5. The number of hydrogen-bond acceptors (Lipinski definition) is 3. The van der Waals surface area contributed by atoms with E-state index in [0.717, 1.165) is 10.9 Å². The number of aromatic hydroxyl groups is 1. The fourth-order valence-corrected chi connectivity index (χ4v) is 1.51. The normalized spacial score (nSPS) is 13.3. The van der Waals surface area contributed by atoms with Gasteiger partial charge in [0.2, 0.25) is 0 Å². The fourth-order valence-electron chi connectivity index (χ4n) is 1.51. The zero-order valence-electron chi connectivity index (χ0n) is 8.01. The number of nitrogens with zero attached hydrogens (tertiary/aromatic N) is 2. The number of nitrogens with two attached hydrogens (primary N) is 1. The van der Waals surface area contributed by atoms with Gasteiger partial charge >= 0.3 is 0 Å². The molecule has 4 heteroatoms. The summed E-state index contributed by atoms with van der Waals surface area (Å²) in [5.41, 5.74) is 6.61. The standard InChI is InChI=1S/C10H13N3O/c1-7(11)6-13-9-3-2-4-10(14)8(9)5-12-13/h2-5,7,14H,6,11H2,1H3. The van der Waals surface area contributed by atoms with Crippen LogP contribution in [0.2, 0.25) is 0 Å². The van der Waals surface area contributed by atoms with Crippen LogP contribution in [0.5, 0.6) is 5.75 Å². The van der Waals surface area contributed by atoms with Crippen LogP contribution in [-0.2, 0) is 6.54 Å². The molecule has 0 aliphatic heterocycles. The Labute approximate surface area is 81.9 Å². The fraction of sp³-hybridized carbons (Fsp3) is 0.300. The molecular formula is C10H13N3O. The SMILES string of the molecule is CC(N)Cn1ncc2c(O)cccc21. The van der Waals surface area contributed by atoms with E-state index >= 15 is 0 Å². The van der Waals surface area contributed by atoms with Gasteiger partial charge in [0, 0.05) is 6.04 Å². The summed E-state index contributed by atoms with van der Waals surface area (Å²) < 4.78 is 1.81. The van der Waals surface area contributed by atoms with Gasteiger partial charge in [-0.05, 0) is 19.1 Å². The van der Waals surface area contributed by atoms with Gasteiger partial charge in [0.15, 0.2) is 0 Å². The molecule has 0 bridgehead atoms. The Morgan fingerprint density at radius 1 is 1.57 bits per heavy atom. The molecule has 0 aliphatic rings. The third kappa shape index (κ3) is 1.44. The van der Waals surface area contributed by atoms with Crippen molar-refractivity contribution in [3.05, 3.63) is 24.4 Å². The maximum absolute atomic E-state index is 9.53. The third-order valence-electron chi connectivity index (χ3n) is 2.13. The zero-order valence-corrected chi connectivity index (χ0v) is 8.01. The van der Waals surface area contributed by atoms with Gasteiger partial charge in [-0.1, -0.05) is 6.07 Å². The molecule has 0 radical (unpaired) electrons. The molecule has 0 saturated heterocycles.